The van der Waals surface area contributed by atoms with Crippen LogP contribution in [0.2, 0.25) is 0 Å². The summed E-state index contributed by atoms with van der Waals surface area (Å²) in [5.74, 6) is 0.593. The number of rotatable bonds is 3. The van der Waals surface area contributed by atoms with E-state index in [0.29, 0.717) is 11.5 Å². The van der Waals surface area contributed by atoms with Crippen LogP contribution in [0.1, 0.15) is 36.6 Å². The van der Waals surface area contributed by atoms with E-state index in [1.807, 2.05) is 6.92 Å². The Labute approximate surface area is 101 Å². The van der Waals surface area contributed by atoms with Crippen LogP contribution in [-0.2, 0) is 0 Å². The van der Waals surface area contributed by atoms with Crippen molar-refractivity contribution >= 4 is 22.9 Å². The van der Waals surface area contributed by atoms with E-state index in [1.165, 1.54) is 0 Å². The fraction of sp³-hybridized carbons (Fsp3) is 0.385. The summed E-state index contributed by atoms with van der Waals surface area (Å²) in [6.45, 7) is 6.23. The molecule has 90 valence electrons. The molecule has 0 radical (unpaired) electrons. The van der Waals surface area contributed by atoms with Crippen molar-refractivity contribution in [2.45, 2.75) is 33.6 Å². The predicted molar refractivity (Wildman–Crippen MR) is 71.7 cm³/mol. The Morgan fingerprint density at radius 2 is 2.12 bits per heavy atom. The Kier molecular flexibility index (Phi) is 3.13. The molecule has 3 N–H and O–H groups in total. The first-order valence-electron chi connectivity index (χ1n) is 5.92. The lowest BCUT2D eigenvalue weighted by atomic mass is 10.0. The van der Waals surface area contributed by atoms with Gasteiger partial charge in [0.2, 0.25) is 0 Å². The third kappa shape index (κ3) is 2.02. The largest absolute Gasteiger partial charge is 0.384 e. The highest BCUT2D eigenvalue weighted by molar-refractivity contribution is 5.91. The Morgan fingerprint density at radius 1 is 1.35 bits per heavy atom. The first-order chi connectivity index (χ1) is 8.15. The van der Waals surface area contributed by atoms with E-state index in [-0.39, 0.29) is 0 Å². The number of anilines is 1. The number of nitrogens with zero attached hydrogens (tertiary/aromatic N) is 2. The number of nitrogens with one attached hydrogen (secondary N) is 1. The van der Waals surface area contributed by atoms with Gasteiger partial charge in [-0.25, -0.2) is 4.98 Å². The zero-order valence-corrected chi connectivity index (χ0v) is 10.5. The smallest absolute Gasteiger partial charge is 0.183 e. The molecule has 0 fully saturated rings. The minimum Gasteiger partial charge on any atom is -0.384 e. The number of aryl methyl sites for hydroxylation is 2. The van der Waals surface area contributed by atoms with Crippen LogP contribution in [0.5, 0.6) is 0 Å². The maximum atomic E-state index is 5.87. The summed E-state index contributed by atoms with van der Waals surface area (Å²) >= 11 is 0. The standard InChI is InChI=1S/C13H18N4/c1-4-5-6-7-10-8(2)11-12(14)16-17-13(11)15-9(10)3/h6-7H,4-5H2,1-3H3,(H3,14,15,16,17)/b7-6+. The fourth-order valence-corrected chi connectivity index (χ4v) is 2.03. The normalized spacial score (nSPS) is 11.7. The Balaban J connectivity index is 2.58. The van der Waals surface area contributed by atoms with Gasteiger partial charge in [0.05, 0.1) is 5.39 Å². The van der Waals surface area contributed by atoms with Gasteiger partial charge in [-0.15, -0.1) is 0 Å². The first-order valence-corrected chi connectivity index (χ1v) is 5.92. The Hall–Kier alpha value is -1.84. The van der Waals surface area contributed by atoms with Crippen LogP contribution in [0, 0.1) is 13.8 Å². The molecule has 2 aromatic rings. The van der Waals surface area contributed by atoms with Crippen molar-refractivity contribution in [1.29, 1.82) is 0 Å². The van der Waals surface area contributed by atoms with Gasteiger partial charge < -0.3 is 5.73 Å². The number of nitrogen functional groups attached to an aromatic ring is 1. The van der Waals surface area contributed by atoms with Crippen molar-refractivity contribution in [2.24, 2.45) is 0 Å². The molecule has 0 spiro atoms. The SMILES string of the molecule is CCC/C=C/c1c(C)nc2n[nH]c(N)c2c1C. The average molecular weight is 230 g/mol. The van der Waals surface area contributed by atoms with Crippen molar-refractivity contribution in [3.05, 3.63) is 22.9 Å². The van der Waals surface area contributed by atoms with E-state index in [2.05, 4.69) is 41.2 Å². The van der Waals surface area contributed by atoms with Gasteiger partial charge in [-0.2, -0.15) is 5.10 Å². The van der Waals surface area contributed by atoms with Crippen molar-refractivity contribution in [1.82, 2.24) is 15.2 Å². The molecular weight excluding hydrogens is 212 g/mol. The van der Waals surface area contributed by atoms with Gasteiger partial charge in [0.25, 0.3) is 0 Å². The summed E-state index contributed by atoms with van der Waals surface area (Å²) in [7, 11) is 0. The highest BCUT2D eigenvalue weighted by Crippen LogP contribution is 2.26. The van der Waals surface area contributed by atoms with Gasteiger partial charge in [-0.05, 0) is 31.4 Å². The van der Waals surface area contributed by atoms with Crippen molar-refractivity contribution in [3.8, 4) is 0 Å². The summed E-state index contributed by atoms with van der Waals surface area (Å²) in [4.78, 5) is 4.46. The summed E-state index contributed by atoms with van der Waals surface area (Å²) in [6.07, 6.45) is 6.54. The highest BCUT2D eigenvalue weighted by Gasteiger charge is 2.11. The van der Waals surface area contributed by atoms with E-state index in [0.717, 1.165) is 35.0 Å². The van der Waals surface area contributed by atoms with Crippen molar-refractivity contribution in [3.63, 3.8) is 0 Å². The average Bonchev–Trinajstić information content (AvgIpc) is 2.65. The molecule has 4 nitrogen and oxygen atoms in total. The monoisotopic (exact) mass is 230 g/mol. The highest BCUT2D eigenvalue weighted by atomic mass is 15.2. The number of fused-ring (bicyclic) bond motifs is 1. The van der Waals surface area contributed by atoms with E-state index in [9.17, 15) is 0 Å². The molecule has 0 bridgehead atoms. The van der Waals surface area contributed by atoms with Gasteiger partial charge in [-0.1, -0.05) is 25.5 Å². The number of unbranched alkanes of at least 4 members (excludes halogenated alkanes) is 1. The van der Waals surface area contributed by atoms with Crippen LogP contribution in [-0.4, -0.2) is 15.2 Å². The second-order valence-corrected chi connectivity index (χ2v) is 4.26. The number of H-pyrrole nitrogens is 1. The van der Waals surface area contributed by atoms with Gasteiger partial charge in [0.1, 0.15) is 5.82 Å². The van der Waals surface area contributed by atoms with Gasteiger partial charge in [0.15, 0.2) is 5.65 Å². The van der Waals surface area contributed by atoms with Gasteiger partial charge >= 0.3 is 0 Å². The fourth-order valence-electron chi connectivity index (χ4n) is 2.03. The van der Waals surface area contributed by atoms with Gasteiger partial charge in [0, 0.05) is 5.69 Å². The zero-order chi connectivity index (χ0) is 12.4. The number of hydrogen-bond acceptors (Lipinski definition) is 3. The van der Waals surface area contributed by atoms with Crippen molar-refractivity contribution < 1.29 is 0 Å². The molecular formula is C13H18N4. The zero-order valence-electron chi connectivity index (χ0n) is 10.5. The maximum absolute atomic E-state index is 5.87. The minimum absolute atomic E-state index is 0.593. The minimum atomic E-state index is 0.593. The maximum Gasteiger partial charge on any atom is 0.183 e. The summed E-state index contributed by atoms with van der Waals surface area (Å²) in [5.41, 5.74) is 9.86. The number of nitrogens with two attached hydrogens (primary N) is 1. The van der Waals surface area contributed by atoms with E-state index >= 15 is 0 Å². The molecule has 2 rings (SSSR count). The van der Waals surface area contributed by atoms with Crippen molar-refractivity contribution in [2.75, 3.05) is 5.73 Å². The summed E-state index contributed by atoms with van der Waals surface area (Å²) in [5, 5.41) is 7.81. The van der Waals surface area contributed by atoms with E-state index < -0.39 is 0 Å². The first kappa shape index (κ1) is 11.6. The molecule has 0 aliphatic rings. The second kappa shape index (κ2) is 4.57. The number of hydrogen-bond donors (Lipinski definition) is 2. The lowest BCUT2D eigenvalue weighted by molar-refractivity contribution is 0.962. The van der Waals surface area contributed by atoms with Crippen LogP contribution >= 0.6 is 0 Å². The van der Waals surface area contributed by atoms with Crippen LogP contribution in [0.3, 0.4) is 0 Å². The van der Waals surface area contributed by atoms with E-state index in [4.69, 9.17) is 5.73 Å². The molecule has 2 heterocycles. The third-order valence-corrected chi connectivity index (χ3v) is 2.96. The lowest BCUT2D eigenvalue weighted by Gasteiger charge is -2.06. The molecule has 4 heteroatoms. The number of allylic oxidation sites excluding steroid dienone is 1. The van der Waals surface area contributed by atoms with Crippen LogP contribution in [0.4, 0.5) is 5.82 Å². The summed E-state index contributed by atoms with van der Waals surface area (Å²) in [6, 6.07) is 0. The molecule has 0 amide bonds. The molecule has 0 unspecified atom stereocenters. The van der Waals surface area contributed by atoms with Crippen LogP contribution < -0.4 is 5.73 Å². The Bertz CT molecular complexity index is 566. The van der Waals surface area contributed by atoms with E-state index in [1.54, 1.807) is 0 Å². The molecule has 0 atom stereocenters. The molecule has 0 saturated carbocycles. The predicted octanol–water partition coefficient (Wildman–Crippen LogP) is 2.97. The van der Waals surface area contributed by atoms with Crippen LogP contribution in [0.25, 0.3) is 17.1 Å². The van der Waals surface area contributed by atoms with Gasteiger partial charge in [-0.3, -0.25) is 5.10 Å². The van der Waals surface area contributed by atoms with Crippen LogP contribution in [0.15, 0.2) is 6.08 Å². The Morgan fingerprint density at radius 3 is 2.82 bits per heavy atom. The number of aromatic nitrogens is 3. The molecule has 0 aliphatic heterocycles. The number of aromatic amines is 1. The summed E-state index contributed by atoms with van der Waals surface area (Å²) < 4.78 is 0. The second-order valence-electron chi connectivity index (χ2n) is 4.26. The topological polar surface area (TPSA) is 67.6 Å². The molecule has 17 heavy (non-hydrogen) atoms. The number of pyridine rings is 1. The lowest BCUT2D eigenvalue weighted by Crippen LogP contribution is -1.94. The molecule has 0 aliphatic carbocycles. The third-order valence-electron chi connectivity index (χ3n) is 2.96. The quantitative estimate of drug-likeness (QED) is 0.851. The molecule has 2 aromatic heterocycles. The molecule has 0 saturated heterocycles. The molecule has 0 aromatic carbocycles.